The van der Waals surface area contributed by atoms with Crippen LogP contribution in [0.1, 0.15) is 5.56 Å². The van der Waals surface area contributed by atoms with Crippen LogP contribution in [0.15, 0.2) is 34.4 Å². The largest absolute Gasteiger partial charge is 0.299 e. The van der Waals surface area contributed by atoms with Crippen LogP contribution in [0, 0.1) is 5.82 Å². The number of allylic oxidation sites excluding steroid dienone is 1. The molecule has 3 nitrogen and oxygen atoms in total. The predicted molar refractivity (Wildman–Crippen MR) is 52.9 cm³/mol. The summed E-state index contributed by atoms with van der Waals surface area (Å²) in [6.07, 6.45) is 0. The minimum atomic E-state index is -0.315. The summed E-state index contributed by atoms with van der Waals surface area (Å²) >= 11 is 1.06. The number of benzene rings is 1. The minimum Gasteiger partial charge on any atom is -0.299 e. The van der Waals surface area contributed by atoms with E-state index in [0.717, 1.165) is 12.1 Å². The average Bonchev–Trinajstić information content (AvgIpc) is 2.67. The van der Waals surface area contributed by atoms with Crippen molar-refractivity contribution in [3.63, 3.8) is 0 Å². The molecule has 1 aliphatic heterocycles. The molecule has 0 atom stereocenters. The van der Waals surface area contributed by atoms with Crippen LogP contribution in [0.5, 0.6) is 0 Å². The van der Waals surface area contributed by atoms with Gasteiger partial charge in [-0.25, -0.2) is 9.18 Å². The van der Waals surface area contributed by atoms with Crippen LogP contribution in [0.25, 0.3) is 0 Å². The Bertz CT molecular complexity index is 435. The van der Waals surface area contributed by atoms with Crippen molar-refractivity contribution < 1.29 is 9.18 Å². The monoisotopic (exact) mass is 208 g/mol. The van der Waals surface area contributed by atoms with Crippen LogP contribution in [0.2, 0.25) is 0 Å². The molecule has 0 fully saturated rings. The normalized spacial score (nSPS) is 14.6. The summed E-state index contributed by atoms with van der Waals surface area (Å²) in [5, 5.41) is 0. The van der Waals surface area contributed by atoms with Crippen LogP contribution in [-0.4, -0.2) is 11.7 Å². The van der Waals surface area contributed by atoms with Gasteiger partial charge in [0.1, 0.15) is 11.5 Å². The quantitative estimate of drug-likeness (QED) is 0.561. The molecule has 70 valence electrons. The average molecular weight is 208 g/mol. The van der Waals surface area contributed by atoms with Gasteiger partial charge in [-0.2, -0.15) is 4.40 Å². The second kappa shape index (κ2) is 3.65. The standard InChI is InChI=1S/C9H5FN2OS/c10-7-3-1-6(2-4-7)9-8(5-13)11-14-12-9/h1-4,11H. The van der Waals surface area contributed by atoms with Crippen LogP contribution < -0.4 is 4.72 Å². The molecule has 1 N–H and O–H groups in total. The number of hydrogen-bond donors (Lipinski definition) is 1. The van der Waals surface area contributed by atoms with Crippen molar-refractivity contribution in [2.24, 2.45) is 4.40 Å². The first-order valence-electron chi connectivity index (χ1n) is 3.82. The van der Waals surface area contributed by atoms with Gasteiger partial charge in [0, 0.05) is 5.56 Å². The Balaban J connectivity index is 2.41. The molecule has 0 bridgehead atoms. The molecule has 2 rings (SSSR count). The van der Waals surface area contributed by atoms with E-state index in [0.29, 0.717) is 17.0 Å². The SMILES string of the molecule is O=C=C1NSN=C1c1ccc(F)cc1. The Morgan fingerprint density at radius 1 is 1.36 bits per heavy atom. The van der Waals surface area contributed by atoms with E-state index in [4.69, 9.17) is 0 Å². The zero-order valence-electron chi connectivity index (χ0n) is 6.95. The summed E-state index contributed by atoms with van der Waals surface area (Å²) in [5.41, 5.74) is 1.49. The Hall–Kier alpha value is -1.58. The van der Waals surface area contributed by atoms with Crippen LogP contribution in [0.3, 0.4) is 0 Å². The van der Waals surface area contributed by atoms with E-state index in [1.54, 1.807) is 18.1 Å². The minimum absolute atomic E-state index is 0.293. The highest BCUT2D eigenvalue weighted by molar-refractivity contribution is 7.96. The number of hydrogen-bond acceptors (Lipinski definition) is 4. The van der Waals surface area contributed by atoms with E-state index in [-0.39, 0.29) is 5.82 Å². The molecule has 0 amide bonds. The van der Waals surface area contributed by atoms with Gasteiger partial charge in [0.15, 0.2) is 11.6 Å². The molecule has 0 spiro atoms. The van der Waals surface area contributed by atoms with Crippen LogP contribution in [0.4, 0.5) is 4.39 Å². The van der Waals surface area contributed by atoms with Crippen molar-refractivity contribution in [2.45, 2.75) is 0 Å². The van der Waals surface area contributed by atoms with Gasteiger partial charge < -0.3 is 0 Å². The van der Waals surface area contributed by atoms with Crippen molar-refractivity contribution in [3.8, 4) is 0 Å². The zero-order valence-corrected chi connectivity index (χ0v) is 7.77. The first-order chi connectivity index (χ1) is 6.81. The lowest BCUT2D eigenvalue weighted by Crippen LogP contribution is -2.09. The van der Waals surface area contributed by atoms with Crippen molar-refractivity contribution in [2.75, 3.05) is 0 Å². The molecule has 0 aromatic heterocycles. The maximum Gasteiger partial charge on any atom is 0.158 e. The number of nitrogens with zero attached hydrogens (tertiary/aromatic N) is 1. The fourth-order valence-electron chi connectivity index (χ4n) is 1.08. The van der Waals surface area contributed by atoms with Gasteiger partial charge in [0.2, 0.25) is 0 Å². The summed E-state index contributed by atoms with van der Waals surface area (Å²) in [4.78, 5) is 10.5. The summed E-state index contributed by atoms with van der Waals surface area (Å²) in [7, 11) is 0. The Morgan fingerprint density at radius 3 is 2.71 bits per heavy atom. The van der Waals surface area contributed by atoms with Crippen LogP contribution >= 0.6 is 12.1 Å². The Labute approximate surface area is 84.0 Å². The van der Waals surface area contributed by atoms with Crippen molar-refractivity contribution in [1.82, 2.24) is 4.72 Å². The molecule has 1 aromatic rings. The second-order valence-electron chi connectivity index (χ2n) is 2.62. The fraction of sp³-hybridized carbons (Fsp3) is 0. The number of nitrogens with one attached hydrogen (secondary N) is 1. The molecular formula is C9H5FN2OS. The van der Waals surface area contributed by atoms with Gasteiger partial charge in [-0.05, 0) is 24.3 Å². The number of halogens is 1. The van der Waals surface area contributed by atoms with Gasteiger partial charge in [-0.1, -0.05) is 0 Å². The summed E-state index contributed by atoms with van der Waals surface area (Å²) < 4.78 is 19.3. The number of carbonyl (C=O) groups excluding carboxylic acids is 1. The lowest BCUT2D eigenvalue weighted by Gasteiger charge is -1.98. The molecule has 0 unspecified atom stereocenters. The molecule has 0 aliphatic carbocycles. The maximum atomic E-state index is 12.6. The zero-order chi connectivity index (χ0) is 9.97. The van der Waals surface area contributed by atoms with Gasteiger partial charge in [-0.15, -0.1) is 0 Å². The highest BCUT2D eigenvalue weighted by atomic mass is 32.2. The molecular weight excluding hydrogens is 203 g/mol. The van der Waals surface area contributed by atoms with E-state index >= 15 is 0 Å². The van der Waals surface area contributed by atoms with E-state index in [9.17, 15) is 9.18 Å². The molecule has 0 radical (unpaired) electrons. The topological polar surface area (TPSA) is 41.5 Å². The van der Waals surface area contributed by atoms with E-state index in [1.807, 2.05) is 0 Å². The van der Waals surface area contributed by atoms with Gasteiger partial charge in [0.05, 0.1) is 12.1 Å². The summed E-state index contributed by atoms with van der Waals surface area (Å²) in [6, 6.07) is 5.78. The van der Waals surface area contributed by atoms with Gasteiger partial charge in [0.25, 0.3) is 0 Å². The van der Waals surface area contributed by atoms with Crippen molar-refractivity contribution in [1.29, 1.82) is 0 Å². The third-order valence-corrected chi connectivity index (χ3v) is 2.31. The molecule has 0 saturated heterocycles. The summed E-state index contributed by atoms with van der Waals surface area (Å²) in [5.74, 6) is 1.42. The maximum absolute atomic E-state index is 12.6. The molecule has 5 heteroatoms. The van der Waals surface area contributed by atoms with Gasteiger partial charge in [-0.3, -0.25) is 4.72 Å². The van der Waals surface area contributed by atoms with Crippen molar-refractivity contribution in [3.05, 3.63) is 41.3 Å². The van der Waals surface area contributed by atoms with Gasteiger partial charge >= 0.3 is 0 Å². The first-order valence-corrected chi connectivity index (χ1v) is 4.60. The molecule has 1 aromatic carbocycles. The Morgan fingerprint density at radius 2 is 2.07 bits per heavy atom. The number of rotatable bonds is 1. The predicted octanol–water partition coefficient (Wildman–Crippen LogP) is 1.50. The van der Waals surface area contributed by atoms with E-state index < -0.39 is 0 Å². The molecule has 1 heterocycles. The lowest BCUT2D eigenvalue weighted by atomic mass is 10.1. The molecule has 1 aliphatic rings. The molecule has 0 saturated carbocycles. The van der Waals surface area contributed by atoms with E-state index in [1.165, 1.54) is 12.1 Å². The third kappa shape index (κ3) is 1.55. The van der Waals surface area contributed by atoms with Crippen LogP contribution in [-0.2, 0) is 4.79 Å². The second-order valence-corrected chi connectivity index (χ2v) is 3.19. The highest BCUT2D eigenvalue weighted by Gasteiger charge is 2.16. The summed E-state index contributed by atoms with van der Waals surface area (Å²) in [6.45, 7) is 0. The third-order valence-electron chi connectivity index (χ3n) is 1.74. The Kier molecular flexibility index (Phi) is 2.35. The fourth-order valence-corrected chi connectivity index (χ4v) is 1.65. The highest BCUT2D eigenvalue weighted by Crippen LogP contribution is 2.18. The lowest BCUT2D eigenvalue weighted by molar-refractivity contribution is 0.567. The smallest absolute Gasteiger partial charge is 0.158 e. The first kappa shape index (κ1) is 8.99. The van der Waals surface area contributed by atoms with Crippen molar-refractivity contribution >= 4 is 23.8 Å². The molecule has 14 heavy (non-hydrogen) atoms. The van der Waals surface area contributed by atoms with E-state index in [2.05, 4.69) is 9.12 Å².